The highest BCUT2D eigenvalue weighted by molar-refractivity contribution is 4.98. The Kier molecular flexibility index (Phi) is 4.02. The molecule has 1 saturated heterocycles. The molecular weight excluding hydrogens is 200 g/mol. The van der Waals surface area contributed by atoms with Crippen LogP contribution in [0.4, 0.5) is 0 Å². The molecule has 1 aliphatic heterocycles. The second-order valence-corrected chi connectivity index (χ2v) is 4.79. The molecule has 2 rings (SSSR count). The fourth-order valence-electron chi connectivity index (χ4n) is 2.48. The van der Waals surface area contributed by atoms with Gasteiger partial charge in [0.2, 0.25) is 0 Å². The second-order valence-electron chi connectivity index (χ2n) is 4.79. The molecule has 1 aromatic heterocycles. The van der Waals surface area contributed by atoms with Crippen LogP contribution in [0, 0.1) is 5.41 Å². The van der Waals surface area contributed by atoms with E-state index >= 15 is 0 Å². The highest BCUT2D eigenvalue weighted by Crippen LogP contribution is 2.31. The molecule has 3 nitrogen and oxygen atoms in total. The lowest BCUT2D eigenvalue weighted by molar-refractivity contribution is 0.184. The van der Waals surface area contributed by atoms with Gasteiger partial charge >= 0.3 is 0 Å². The zero-order valence-electron chi connectivity index (χ0n) is 10.1. The topological polar surface area (TPSA) is 37.2 Å². The van der Waals surface area contributed by atoms with Gasteiger partial charge in [-0.25, -0.2) is 0 Å². The number of rotatable bonds is 5. The largest absolute Gasteiger partial charge is 0.468 e. The van der Waals surface area contributed by atoms with Crippen molar-refractivity contribution >= 4 is 0 Å². The zero-order chi connectivity index (χ0) is 11.3. The Labute approximate surface area is 97.6 Å². The number of furan rings is 1. The predicted octanol–water partition coefficient (Wildman–Crippen LogP) is 2.15. The van der Waals surface area contributed by atoms with Crippen molar-refractivity contribution in [3.8, 4) is 0 Å². The quantitative estimate of drug-likeness (QED) is 0.801. The molecule has 1 aromatic rings. The fraction of sp³-hybridized carbons (Fsp3) is 0.692. The van der Waals surface area contributed by atoms with E-state index in [9.17, 15) is 0 Å². The Balaban J connectivity index is 1.78. The number of hydrogen-bond acceptors (Lipinski definition) is 3. The summed E-state index contributed by atoms with van der Waals surface area (Å²) in [5, 5.41) is 6.96. The Bertz CT molecular complexity index is 289. The monoisotopic (exact) mass is 222 g/mol. The molecule has 3 heteroatoms. The highest BCUT2D eigenvalue weighted by Gasteiger charge is 2.29. The van der Waals surface area contributed by atoms with E-state index in [-0.39, 0.29) is 0 Å². The van der Waals surface area contributed by atoms with Crippen LogP contribution in [-0.4, -0.2) is 19.6 Å². The van der Waals surface area contributed by atoms with Crippen molar-refractivity contribution in [2.75, 3.05) is 19.6 Å². The molecule has 2 heterocycles. The smallest absolute Gasteiger partial charge is 0.117 e. The lowest BCUT2D eigenvalue weighted by Gasteiger charge is -2.37. The predicted molar refractivity (Wildman–Crippen MR) is 65.2 cm³/mol. The van der Waals surface area contributed by atoms with E-state index in [1.54, 1.807) is 6.26 Å². The molecular formula is C13H22N2O. The average Bonchev–Trinajstić information content (AvgIpc) is 2.83. The lowest BCUT2D eigenvalue weighted by Crippen LogP contribution is -2.42. The third-order valence-electron chi connectivity index (χ3n) is 3.79. The standard InChI is InChI=1S/C13H22N2O/c1-2-13(5-7-14-8-6-13)11-15-10-12-4-3-9-16-12/h3-4,9,14-15H,2,5-8,10-11H2,1H3. The SMILES string of the molecule is CCC1(CNCc2ccco2)CCNCC1. The first kappa shape index (κ1) is 11.7. The molecule has 0 aromatic carbocycles. The zero-order valence-corrected chi connectivity index (χ0v) is 10.1. The summed E-state index contributed by atoms with van der Waals surface area (Å²) >= 11 is 0. The number of nitrogens with one attached hydrogen (secondary N) is 2. The van der Waals surface area contributed by atoms with Crippen molar-refractivity contribution in [1.82, 2.24) is 10.6 Å². The summed E-state index contributed by atoms with van der Waals surface area (Å²) in [6.45, 7) is 6.58. The van der Waals surface area contributed by atoms with Crippen molar-refractivity contribution < 1.29 is 4.42 Å². The fourth-order valence-corrected chi connectivity index (χ4v) is 2.48. The normalized spacial score (nSPS) is 19.8. The van der Waals surface area contributed by atoms with Crippen molar-refractivity contribution in [3.05, 3.63) is 24.2 Å². The molecule has 90 valence electrons. The van der Waals surface area contributed by atoms with Gasteiger partial charge in [-0.1, -0.05) is 6.92 Å². The summed E-state index contributed by atoms with van der Waals surface area (Å²) in [5.74, 6) is 1.03. The maximum Gasteiger partial charge on any atom is 0.117 e. The van der Waals surface area contributed by atoms with Crippen LogP contribution in [0.5, 0.6) is 0 Å². The second kappa shape index (κ2) is 5.51. The minimum atomic E-state index is 0.498. The Hall–Kier alpha value is -0.800. The first-order valence-corrected chi connectivity index (χ1v) is 6.28. The van der Waals surface area contributed by atoms with Gasteiger partial charge in [0.05, 0.1) is 12.8 Å². The highest BCUT2D eigenvalue weighted by atomic mass is 16.3. The van der Waals surface area contributed by atoms with Gasteiger partial charge in [-0.05, 0) is 49.9 Å². The van der Waals surface area contributed by atoms with Crippen LogP contribution in [-0.2, 0) is 6.54 Å². The van der Waals surface area contributed by atoms with E-state index in [1.807, 2.05) is 12.1 Å². The Morgan fingerprint density at radius 1 is 1.44 bits per heavy atom. The summed E-state index contributed by atoms with van der Waals surface area (Å²) in [6, 6.07) is 3.96. The van der Waals surface area contributed by atoms with Crippen LogP contribution in [0.15, 0.2) is 22.8 Å². The van der Waals surface area contributed by atoms with Crippen LogP contribution in [0.1, 0.15) is 31.9 Å². The summed E-state index contributed by atoms with van der Waals surface area (Å²) in [6.07, 6.45) is 5.57. The first-order valence-electron chi connectivity index (χ1n) is 6.28. The lowest BCUT2D eigenvalue weighted by atomic mass is 9.76. The molecule has 1 fully saturated rings. The van der Waals surface area contributed by atoms with Crippen molar-refractivity contribution in [1.29, 1.82) is 0 Å². The van der Waals surface area contributed by atoms with Crippen LogP contribution in [0.3, 0.4) is 0 Å². The molecule has 0 atom stereocenters. The van der Waals surface area contributed by atoms with Crippen LogP contribution < -0.4 is 10.6 Å². The van der Waals surface area contributed by atoms with Gasteiger partial charge < -0.3 is 15.1 Å². The van der Waals surface area contributed by atoms with Crippen molar-refractivity contribution in [2.24, 2.45) is 5.41 Å². The van der Waals surface area contributed by atoms with E-state index in [0.717, 1.165) is 31.9 Å². The van der Waals surface area contributed by atoms with Gasteiger partial charge in [-0.15, -0.1) is 0 Å². The molecule has 0 radical (unpaired) electrons. The molecule has 0 aliphatic carbocycles. The number of hydrogen-bond donors (Lipinski definition) is 2. The van der Waals surface area contributed by atoms with Gasteiger partial charge in [-0.2, -0.15) is 0 Å². The van der Waals surface area contributed by atoms with E-state index in [4.69, 9.17) is 4.42 Å². The Morgan fingerprint density at radius 3 is 2.88 bits per heavy atom. The minimum Gasteiger partial charge on any atom is -0.468 e. The van der Waals surface area contributed by atoms with E-state index in [1.165, 1.54) is 19.3 Å². The average molecular weight is 222 g/mol. The van der Waals surface area contributed by atoms with Crippen molar-refractivity contribution in [3.63, 3.8) is 0 Å². The molecule has 16 heavy (non-hydrogen) atoms. The molecule has 2 N–H and O–H groups in total. The first-order chi connectivity index (χ1) is 7.85. The molecule has 1 aliphatic rings. The van der Waals surface area contributed by atoms with Gasteiger partial charge in [0.15, 0.2) is 0 Å². The van der Waals surface area contributed by atoms with Crippen LogP contribution >= 0.6 is 0 Å². The summed E-state index contributed by atoms with van der Waals surface area (Å²) in [7, 11) is 0. The maximum absolute atomic E-state index is 5.31. The molecule has 0 saturated carbocycles. The molecule has 0 unspecified atom stereocenters. The summed E-state index contributed by atoms with van der Waals surface area (Å²) in [5.41, 5.74) is 0.498. The molecule has 0 amide bonds. The number of piperidine rings is 1. The van der Waals surface area contributed by atoms with Gasteiger partial charge in [-0.3, -0.25) is 0 Å². The third-order valence-corrected chi connectivity index (χ3v) is 3.79. The van der Waals surface area contributed by atoms with Crippen LogP contribution in [0.25, 0.3) is 0 Å². The van der Waals surface area contributed by atoms with Gasteiger partial charge in [0.1, 0.15) is 5.76 Å². The van der Waals surface area contributed by atoms with E-state index in [2.05, 4.69) is 17.6 Å². The maximum atomic E-state index is 5.31. The molecule has 0 bridgehead atoms. The van der Waals surface area contributed by atoms with Gasteiger partial charge in [0.25, 0.3) is 0 Å². The minimum absolute atomic E-state index is 0.498. The molecule has 0 spiro atoms. The third kappa shape index (κ3) is 2.86. The Morgan fingerprint density at radius 2 is 2.25 bits per heavy atom. The van der Waals surface area contributed by atoms with Crippen molar-refractivity contribution in [2.45, 2.75) is 32.7 Å². The van der Waals surface area contributed by atoms with Gasteiger partial charge in [0, 0.05) is 6.54 Å². The summed E-state index contributed by atoms with van der Waals surface area (Å²) < 4.78 is 5.31. The van der Waals surface area contributed by atoms with Crippen LogP contribution in [0.2, 0.25) is 0 Å². The summed E-state index contributed by atoms with van der Waals surface area (Å²) in [4.78, 5) is 0. The van der Waals surface area contributed by atoms with E-state index < -0.39 is 0 Å². The van der Waals surface area contributed by atoms with E-state index in [0.29, 0.717) is 5.41 Å².